The summed E-state index contributed by atoms with van der Waals surface area (Å²) in [6, 6.07) is -5.79. The molecule has 0 bridgehead atoms. The number of carbonyl (C=O) groups excluding carboxylic acids is 11. The first-order valence-electron chi connectivity index (χ1n) is 25.1. The fourth-order valence-corrected chi connectivity index (χ4v) is 8.81. The summed E-state index contributed by atoms with van der Waals surface area (Å²) in [4.78, 5) is 151. The first-order valence-corrected chi connectivity index (χ1v) is 26.7. The maximum absolute atomic E-state index is 14.0. The molecule has 10 atom stereocenters. The van der Waals surface area contributed by atoms with Crippen molar-refractivity contribution in [2.75, 3.05) is 38.7 Å². The molecule has 1 rings (SSSR count). The predicted molar refractivity (Wildman–Crippen MR) is 284 cm³/mol. The van der Waals surface area contributed by atoms with E-state index in [-0.39, 0.29) is 18.8 Å². The highest BCUT2D eigenvalue weighted by molar-refractivity contribution is 7.89. The van der Waals surface area contributed by atoms with Crippen LogP contribution in [-0.4, -0.2) is 203 Å². The third-order valence-corrected chi connectivity index (χ3v) is 13.5. The number of terminal acetylenes is 1. The molecular formula is C48H74F3N13O18S. The molecule has 0 aliphatic carbocycles. The Hall–Kier alpha value is -8.04. The number of hydrogen-bond donors (Lipinski definition) is 16. The van der Waals surface area contributed by atoms with Crippen molar-refractivity contribution in [1.82, 2.24) is 46.8 Å². The molecule has 0 saturated carbocycles. The van der Waals surface area contributed by atoms with Gasteiger partial charge >= 0.3 is 12.1 Å². The van der Waals surface area contributed by atoms with Gasteiger partial charge in [0, 0.05) is 12.5 Å². The highest BCUT2D eigenvalue weighted by Gasteiger charge is 2.40. The maximum Gasteiger partial charge on any atom is 0.490 e. The minimum Gasteiger partial charge on any atom is -0.475 e. The molecule has 0 spiro atoms. The van der Waals surface area contributed by atoms with Crippen molar-refractivity contribution in [2.45, 2.75) is 127 Å². The van der Waals surface area contributed by atoms with E-state index < -0.39 is 199 Å². The van der Waals surface area contributed by atoms with Crippen molar-refractivity contribution in [3.8, 4) is 12.3 Å². The quantitative estimate of drug-likeness (QED) is 0.0281. The lowest BCUT2D eigenvalue weighted by atomic mass is 9.97. The molecule has 0 heterocycles. The summed E-state index contributed by atoms with van der Waals surface area (Å²) in [5, 5.41) is 54.6. The van der Waals surface area contributed by atoms with Crippen LogP contribution in [0.25, 0.3) is 0 Å². The highest BCUT2D eigenvalue weighted by Crippen LogP contribution is 2.17. The van der Waals surface area contributed by atoms with E-state index in [0.29, 0.717) is 16.3 Å². The number of rotatable bonds is 35. The van der Waals surface area contributed by atoms with Gasteiger partial charge in [0.25, 0.3) is 0 Å². The van der Waals surface area contributed by atoms with E-state index in [0.717, 1.165) is 0 Å². The van der Waals surface area contributed by atoms with Crippen LogP contribution in [0.15, 0.2) is 30.3 Å². The van der Waals surface area contributed by atoms with Gasteiger partial charge in [0.15, 0.2) is 0 Å². The lowest BCUT2D eigenvalue weighted by Crippen LogP contribution is -2.60. The van der Waals surface area contributed by atoms with Crippen LogP contribution < -0.4 is 65.5 Å². The van der Waals surface area contributed by atoms with E-state index in [1.54, 1.807) is 58.0 Å². The molecule has 1 aromatic rings. The minimum atomic E-state index is -5.08. The Morgan fingerprint density at radius 1 is 0.675 bits per heavy atom. The van der Waals surface area contributed by atoms with E-state index in [1.165, 1.54) is 6.92 Å². The van der Waals surface area contributed by atoms with Gasteiger partial charge in [-0.25, -0.2) is 13.2 Å². The first-order chi connectivity index (χ1) is 38.5. The Balaban J connectivity index is 0.00000897. The largest absolute Gasteiger partial charge is 0.490 e. The van der Waals surface area contributed by atoms with E-state index in [4.69, 9.17) is 39.3 Å². The topological polar surface area (TPSA) is 523 Å². The molecule has 0 saturated heterocycles. The standard InChI is InChI=1S/C46H73N13O16S.C2HF3O2/c1-7-14-59(34(22-62)45(72)57-33(21-61)39(50)66)76(74,75)23-28(15-24(3)4)53-46(73)38(25(5)8-2)58-40(67)26(6)52-37(65)19-51-42(69)30(16-27-12-10-9-11-13-27)55-44(71)32(18-36(49)64)56-43(70)31(17-35(48)63)54-41(68)29(47)20-60;3-2(4,5)1(6)7/h1,9-13,24-26,28-34,38,60-62H,8,14-23,47H2,2-6H3,(H2,48,63)(H2,49,64)(H2,50,66)(H,51,69)(H,52,65)(H,53,73)(H,54,68)(H,55,71)(H,56,70)(H,57,72)(H,58,67);(H,6,7)/t25-,26-,28-,29-,30-,31-,32-,33-,34-,38-;/m0./s1. The number of nitrogens with two attached hydrogens (primary N) is 4. The van der Waals surface area contributed by atoms with Gasteiger partial charge in [-0.05, 0) is 30.7 Å². The number of carboxylic acid groups (broad SMARTS) is 1. The molecule has 0 aliphatic heterocycles. The van der Waals surface area contributed by atoms with E-state index >= 15 is 0 Å². The summed E-state index contributed by atoms with van der Waals surface area (Å²) in [5.74, 6) is -13.9. The van der Waals surface area contributed by atoms with Crippen LogP contribution in [0.1, 0.15) is 65.9 Å². The second kappa shape index (κ2) is 36.4. The highest BCUT2D eigenvalue weighted by atomic mass is 32.2. The van der Waals surface area contributed by atoms with Crippen LogP contribution in [0.5, 0.6) is 0 Å². The summed E-state index contributed by atoms with van der Waals surface area (Å²) in [6.45, 7) is 3.66. The molecule has 20 N–H and O–H groups in total. The number of carboxylic acids is 1. The van der Waals surface area contributed by atoms with Crippen LogP contribution in [-0.2, 0) is 74.0 Å². The lowest BCUT2D eigenvalue weighted by molar-refractivity contribution is -0.192. The fraction of sp³-hybridized carbons (Fsp3) is 0.583. The van der Waals surface area contributed by atoms with Gasteiger partial charge in [-0.2, -0.15) is 17.5 Å². The molecule has 35 heteroatoms. The molecule has 0 aromatic heterocycles. The monoisotopic (exact) mass is 1210 g/mol. The van der Waals surface area contributed by atoms with Gasteiger partial charge in [-0.1, -0.05) is 70.4 Å². The number of sulfonamides is 1. The Kier molecular flexibility index (Phi) is 32.9. The van der Waals surface area contributed by atoms with Gasteiger partial charge in [0.05, 0.1) is 51.5 Å². The van der Waals surface area contributed by atoms with Gasteiger partial charge in [0.2, 0.25) is 75.0 Å². The summed E-state index contributed by atoms with van der Waals surface area (Å²) in [6.07, 6.45) is -1.16. The predicted octanol–water partition coefficient (Wildman–Crippen LogP) is -7.34. The number of hydrogen-bond acceptors (Lipinski definition) is 18. The van der Waals surface area contributed by atoms with Gasteiger partial charge in [-0.3, -0.25) is 52.7 Å². The summed E-state index contributed by atoms with van der Waals surface area (Å²) >= 11 is 0. The third-order valence-electron chi connectivity index (χ3n) is 11.5. The molecule has 31 nitrogen and oxygen atoms in total. The number of primary amides is 3. The SMILES string of the molecule is C#CCN([C@@H](CO)C(=O)N[C@@H](CO)C(N)=O)S(=O)(=O)C[C@H](CC(C)C)NC(=O)[C@@H](NC(=O)[C@H](C)NC(=O)CNC(=O)[C@H](Cc1ccccc1)NC(=O)[C@H](CC(N)=O)NC(=O)[C@H](CC(N)=O)NC(=O)[C@@H](N)CO)[C@@H](C)CC.O=C(O)C(F)(F)F. The van der Waals surface area contributed by atoms with Crippen molar-refractivity contribution >= 4 is 81.0 Å². The van der Waals surface area contributed by atoms with Crippen molar-refractivity contribution in [1.29, 1.82) is 0 Å². The molecule has 466 valence electrons. The Morgan fingerprint density at radius 2 is 1.18 bits per heavy atom. The number of amides is 11. The number of nitrogens with one attached hydrogen (secondary N) is 8. The van der Waals surface area contributed by atoms with E-state index in [2.05, 4.69) is 48.5 Å². The van der Waals surface area contributed by atoms with Crippen molar-refractivity contribution in [3.63, 3.8) is 0 Å². The number of nitrogens with zero attached hydrogens (tertiary/aromatic N) is 1. The van der Waals surface area contributed by atoms with E-state index in [1.807, 2.05) is 0 Å². The van der Waals surface area contributed by atoms with Crippen LogP contribution in [0.4, 0.5) is 13.2 Å². The molecule has 0 unspecified atom stereocenters. The minimum absolute atomic E-state index is 0.0429. The van der Waals surface area contributed by atoms with Crippen molar-refractivity contribution < 1.29 is 99.5 Å². The number of alkyl halides is 3. The first kappa shape index (κ1) is 75.0. The summed E-state index contributed by atoms with van der Waals surface area (Å²) < 4.78 is 60.0. The van der Waals surface area contributed by atoms with Gasteiger partial charge in [-0.15, -0.1) is 6.42 Å². The average Bonchev–Trinajstić information content (AvgIpc) is 3.59. The molecule has 11 amide bonds. The summed E-state index contributed by atoms with van der Waals surface area (Å²) in [5.41, 5.74) is 21.7. The lowest BCUT2D eigenvalue weighted by Gasteiger charge is -2.31. The van der Waals surface area contributed by atoms with Gasteiger partial charge < -0.3 is 85.9 Å². The summed E-state index contributed by atoms with van der Waals surface area (Å²) in [7, 11) is -4.63. The maximum atomic E-state index is 14.0. The van der Waals surface area contributed by atoms with Gasteiger partial charge in [0.1, 0.15) is 48.3 Å². The molecule has 83 heavy (non-hydrogen) atoms. The molecule has 1 aromatic carbocycles. The smallest absolute Gasteiger partial charge is 0.475 e. The zero-order valence-corrected chi connectivity index (χ0v) is 46.7. The number of halogens is 3. The van der Waals surface area contributed by atoms with Crippen LogP contribution in [0.3, 0.4) is 0 Å². The normalized spacial score (nSPS) is 14.9. The second-order valence-electron chi connectivity index (χ2n) is 18.9. The Bertz CT molecular complexity index is 2580. The fourth-order valence-electron chi connectivity index (χ4n) is 7.07. The van der Waals surface area contributed by atoms with Crippen molar-refractivity contribution in [2.24, 2.45) is 34.8 Å². The molecular weight excluding hydrogens is 1140 g/mol. The van der Waals surface area contributed by atoms with Crippen LogP contribution in [0.2, 0.25) is 0 Å². The van der Waals surface area contributed by atoms with Crippen molar-refractivity contribution in [3.05, 3.63) is 35.9 Å². The molecule has 0 aliphatic rings. The number of aliphatic carboxylic acids is 1. The number of benzene rings is 1. The second-order valence-corrected chi connectivity index (χ2v) is 20.9. The third kappa shape index (κ3) is 28.0. The number of aliphatic hydroxyl groups excluding tert-OH is 3. The van der Waals surface area contributed by atoms with E-state index in [9.17, 15) is 89.6 Å². The van der Waals surface area contributed by atoms with Crippen LogP contribution >= 0.6 is 0 Å². The number of aliphatic hydroxyl groups is 3. The number of carbonyl (C=O) groups is 12. The zero-order chi connectivity index (χ0) is 64.1. The zero-order valence-electron chi connectivity index (χ0n) is 45.9. The Morgan fingerprint density at radius 3 is 1.61 bits per heavy atom. The molecule has 0 fully saturated rings. The van der Waals surface area contributed by atoms with Crippen LogP contribution in [0, 0.1) is 24.2 Å². The molecule has 0 radical (unpaired) electrons. The Labute approximate surface area is 475 Å². The average molecular weight is 1210 g/mol.